The smallest absolute Gasteiger partial charge is 0.203 e. The van der Waals surface area contributed by atoms with Crippen LogP contribution in [0.25, 0.3) is 0 Å². The first-order valence-corrected chi connectivity index (χ1v) is 7.68. The first kappa shape index (κ1) is 14.4. The molecule has 0 spiro atoms. The molecule has 2 rings (SSSR count). The lowest BCUT2D eigenvalue weighted by atomic mass is 10.2. The van der Waals surface area contributed by atoms with E-state index in [1.807, 2.05) is 0 Å². The summed E-state index contributed by atoms with van der Waals surface area (Å²) in [5.74, 6) is 1.03. The Hall–Kier alpha value is -1.03. The molecular weight excluding hydrogens is 236 g/mol. The van der Waals surface area contributed by atoms with Gasteiger partial charge in [-0.2, -0.15) is 0 Å². The lowest BCUT2D eigenvalue weighted by Gasteiger charge is -2.24. The zero-order valence-corrected chi connectivity index (χ0v) is 12.7. The van der Waals surface area contributed by atoms with Crippen molar-refractivity contribution in [1.82, 2.24) is 14.5 Å². The van der Waals surface area contributed by atoms with Crippen molar-refractivity contribution in [3.05, 3.63) is 11.9 Å². The zero-order chi connectivity index (χ0) is 13.7. The minimum atomic E-state index is 0.805. The molecule has 0 aliphatic heterocycles. The molecular formula is C15H28N4. The highest BCUT2D eigenvalue weighted by Gasteiger charge is 2.18. The van der Waals surface area contributed by atoms with E-state index in [0.29, 0.717) is 0 Å². The minimum absolute atomic E-state index is 0.805. The Morgan fingerprint density at radius 2 is 2.16 bits per heavy atom. The number of likely N-dealkylation sites (N-methyl/N-ethyl adjacent to an activating group) is 1. The molecule has 0 radical (unpaired) electrons. The number of imidazole rings is 1. The number of aryl methyl sites for hydroxylation is 2. The number of rotatable bonds is 7. The maximum absolute atomic E-state index is 4.56. The summed E-state index contributed by atoms with van der Waals surface area (Å²) in [4.78, 5) is 7.06. The Kier molecular flexibility index (Phi) is 5.25. The molecule has 4 heteroatoms. The van der Waals surface area contributed by atoms with E-state index < -0.39 is 0 Å². The summed E-state index contributed by atoms with van der Waals surface area (Å²) in [5, 5.41) is 3.48. The fourth-order valence-electron chi connectivity index (χ4n) is 2.97. The largest absolute Gasteiger partial charge is 0.354 e. The van der Waals surface area contributed by atoms with Crippen LogP contribution in [0.1, 0.15) is 44.7 Å². The third-order valence-electron chi connectivity index (χ3n) is 4.06. The standard InChI is InChI=1S/C15H28N4/c1-4-10-19-12-13(2)17-15(19)16-9-11-18(3)14-7-5-6-8-14/h12,14H,4-11H2,1-3H3,(H,16,17). The Morgan fingerprint density at radius 3 is 2.84 bits per heavy atom. The molecule has 108 valence electrons. The van der Waals surface area contributed by atoms with Gasteiger partial charge in [-0.05, 0) is 33.2 Å². The summed E-state index contributed by atoms with van der Waals surface area (Å²) >= 11 is 0. The summed E-state index contributed by atoms with van der Waals surface area (Å²) in [5.41, 5.74) is 1.10. The van der Waals surface area contributed by atoms with Crippen molar-refractivity contribution in [2.45, 2.75) is 58.5 Å². The maximum Gasteiger partial charge on any atom is 0.203 e. The molecule has 1 N–H and O–H groups in total. The molecule has 1 saturated carbocycles. The molecule has 0 atom stereocenters. The molecule has 4 nitrogen and oxygen atoms in total. The van der Waals surface area contributed by atoms with Crippen LogP contribution in [-0.4, -0.2) is 40.6 Å². The van der Waals surface area contributed by atoms with Crippen molar-refractivity contribution in [2.24, 2.45) is 0 Å². The van der Waals surface area contributed by atoms with Gasteiger partial charge in [-0.15, -0.1) is 0 Å². The van der Waals surface area contributed by atoms with E-state index in [4.69, 9.17) is 0 Å². The van der Waals surface area contributed by atoms with Crippen LogP contribution in [0.3, 0.4) is 0 Å². The Bertz CT molecular complexity index is 379. The van der Waals surface area contributed by atoms with Crippen LogP contribution in [0.4, 0.5) is 5.95 Å². The van der Waals surface area contributed by atoms with Crippen molar-refractivity contribution in [3.63, 3.8) is 0 Å². The van der Waals surface area contributed by atoms with Crippen molar-refractivity contribution < 1.29 is 0 Å². The molecule has 1 aromatic heterocycles. The van der Waals surface area contributed by atoms with Crippen LogP contribution in [0.5, 0.6) is 0 Å². The highest BCUT2D eigenvalue weighted by molar-refractivity contribution is 5.28. The van der Waals surface area contributed by atoms with Gasteiger partial charge in [0.2, 0.25) is 5.95 Å². The molecule has 0 amide bonds. The second-order valence-electron chi connectivity index (χ2n) is 5.74. The van der Waals surface area contributed by atoms with Gasteiger partial charge in [-0.3, -0.25) is 0 Å². The van der Waals surface area contributed by atoms with Gasteiger partial charge < -0.3 is 14.8 Å². The van der Waals surface area contributed by atoms with E-state index in [1.54, 1.807) is 0 Å². The fourth-order valence-corrected chi connectivity index (χ4v) is 2.97. The third-order valence-corrected chi connectivity index (χ3v) is 4.06. The Morgan fingerprint density at radius 1 is 1.42 bits per heavy atom. The van der Waals surface area contributed by atoms with E-state index >= 15 is 0 Å². The van der Waals surface area contributed by atoms with Gasteiger partial charge in [-0.1, -0.05) is 19.8 Å². The van der Waals surface area contributed by atoms with Gasteiger partial charge in [0.1, 0.15) is 0 Å². The molecule has 19 heavy (non-hydrogen) atoms. The topological polar surface area (TPSA) is 33.1 Å². The highest BCUT2D eigenvalue weighted by Crippen LogP contribution is 2.22. The molecule has 0 unspecified atom stereocenters. The molecule has 0 aromatic carbocycles. The lowest BCUT2D eigenvalue weighted by molar-refractivity contribution is 0.254. The van der Waals surface area contributed by atoms with E-state index in [1.165, 1.54) is 25.7 Å². The van der Waals surface area contributed by atoms with Gasteiger partial charge in [0.15, 0.2) is 0 Å². The van der Waals surface area contributed by atoms with E-state index in [2.05, 4.69) is 46.9 Å². The first-order valence-electron chi connectivity index (χ1n) is 7.68. The SMILES string of the molecule is CCCn1cc(C)nc1NCCN(C)C1CCCC1. The lowest BCUT2D eigenvalue weighted by Crippen LogP contribution is -2.33. The second-order valence-corrected chi connectivity index (χ2v) is 5.74. The molecule has 1 fully saturated rings. The molecule has 0 bridgehead atoms. The van der Waals surface area contributed by atoms with Crippen LogP contribution in [0.15, 0.2) is 6.20 Å². The summed E-state index contributed by atoms with van der Waals surface area (Å²) < 4.78 is 2.23. The van der Waals surface area contributed by atoms with Crippen LogP contribution >= 0.6 is 0 Å². The van der Waals surface area contributed by atoms with Crippen LogP contribution in [0, 0.1) is 6.92 Å². The number of aromatic nitrogens is 2. The van der Waals surface area contributed by atoms with Crippen LogP contribution < -0.4 is 5.32 Å². The van der Waals surface area contributed by atoms with E-state index in [-0.39, 0.29) is 0 Å². The van der Waals surface area contributed by atoms with E-state index in [0.717, 1.165) is 43.7 Å². The summed E-state index contributed by atoms with van der Waals surface area (Å²) in [6.45, 7) is 7.38. The Labute approximate surface area is 117 Å². The molecule has 1 heterocycles. The number of nitrogens with zero attached hydrogens (tertiary/aromatic N) is 3. The Balaban J connectivity index is 1.78. The summed E-state index contributed by atoms with van der Waals surface area (Å²) in [6, 6.07) is 0.805. The maximum atomic E-state index is 4.56. The van der Waals surface area contributed by atoms with Crippen LogP contribution in [-0.2, 0) is 6.54 Å². The average Bonchev–Trinajstić information content (AvgIpc) is 3.00. The van der Waals surface area contributed by atoms with Crippen LogP contribution in [0.2, 0.25) is 0 Å². The second kappa shape index (κ2) is 6.94. The van der Waals surface area contributed by atoms with Gasteiger partial charge in [0.05, 0.1) is 5.69 Å². The molecule has 1 aromatic rings. The number of hydrogen-bond acceptors (Lipinski definition) is 3. The predicted octanol–water partition coefficient (Wildman–Crippen LogP) is 2.89. The quantitative estimate of drug-likeness (QED) is 0.822. The van der Waals surface area contributed by atoms with Gasteiger partial charge in [-0.25, -0.2) is 4.98 Å². The zero-order valence-electron chi connectivity index (χ0n) is 12.7. The normalized spacial score (nSPS) is 16.4. The van der Waals surface area contributed by atoms with E-state index in [9.17, 15) is 0 Å². The molecule has 1 aliphatic rings. The first-order chi connectivity index (χ1) is 9.20. The fraction of sp³-hybridized carbons (Fsp3) is 0.800. The minimum Gasteiger partial charge on any atom is -0.354 e. The van der Waals surface area contributed by atoms with Gasteiger partial charge in [0.25, 0.3) is 0 Å². The van der Waals surface area contributed by atoms with Crippen molar-refractivity contribution in [2.75, 3.05) is 25.5 Å². The number of nitrogens with one attached hydrogen (secondary N) is 1. The summed E-state index contributed by atoms with van der Waals surface area (Å²) in [7, 11) is 2.25. The van der Waals surface area contributed by atoms with Crippen molar-refractivity contribution >= 4 is 5.95 Å². The average molecular weight is 264 g/mol. The van der Waals surface area contributed by atoms with Crippen molar-refractivity contribution in [3.8, 4) is 0 Å². The van der Waals surface area contributed by atoms with Crippen molar-refractivity contribution in [1.29, 1.82) is 0 Å². The van der Waals surface area contributed by atoms with Gasteiger partial charge >= 0.3 is 0 Å². The molecule has 1 aliphatic carbocycles. The number of anilines is 1. The predicted molar refractivity (Wildman–Crippen MR) is 80.6 cm³/mol. The highest BCUT2D eigenvalue weighted by atomic mass is 15.2. The summed E-state index contributed by atoms with van der Waals surface area (Å²) in [6.07, 6.45) is 8.84. The number of hydrogen-bond donors (Lipinski definition) is 1. The molecule has 0 saturated heterocycles. The van der Waals surface area contributed by atoms with Gasteiger partial charge in [0, 0.05) is 31.9 Å². The monoisotopic (exact) mass is 264 g/mol. The third kappa shape index (κ3) is 3.96.